The molecule has 4 N–H and O–H groups in total. The van der Waals surface area contributed by atoms with E-state index < -0.39 is 87.0 Å². The second-order valence-electron chi connectivity index (χ2n) is 7.14. The molecule has 0 spiro atoms. The Morgan fingerprint density at radius 2 is 0.784 bits per heavy atom. The summed E-state index contributed by atoms with van der Waals surface area (Å²) in [6.45, 7) is 0. The highest BCUT2D eigenvalue weighted by Gasteiger charge is 2.42. The Morgan fingerprint density at radius 3 is 1.16 bits per heavy atom. The maximum atomic E-state index is 15.1. The van der Waals surface area contributed by atoms with Gasteiger partial charge >= 0.3 is 18.5 Å². The molecular formula is C21H10F12N2O2. The molecule has 0 unspecified atom stereocenters. The van der Waals surface area contributed by atoms with Gasteiger partial charge in [0.25, 0.3) is 0 Å². The Bertz CT molecular complexity index is 1350. The average molecular weight is 550 g/mol. The van der Waals surface area contributed by atoms with Gasteiger partial charge in [0.2, 0.25) is 5.82 Å². The molecule has 0 aliphatic heterocycles. The van der Waals surface area contributed by atoms with E-state index in [1.165, 1.54) is 0 Å². The molecule has 0 atom stereocenters. The Morgan fingerprint density at radius 1 is 0.459 bits per heavy atom. The summed E-state index contributed by atoms with van der Waals surface area (Å²) in [5.41, 5.74) is 2.39. The smallest absolute Gasteiger partial charge is 0.420 e. The van der Waals surface area contributed by atoms with Gasteiger partial charge < -0.3 is 20.9 Å². The lowest BCUT2D eigenvalue weighted by Crippen LogP contribution is -2.14. The SMILES string of the molecule is Nc1ccc(C(F)(F)F)c(Oc2ccc(C(F)(F)F)c(Oc3c(C(F)(F)F)ccc(N)c3F)c2F)c1F. The standard InChI is InChI=1S/C21H10F12N2O2/c22-13-10(34)4-1-7(19(25,26)27)16(13)36-12-6-3-9(21(31,32)33)18(15(12)24)37-17-8(20(28,29)30)2-5-11(35)14(17)23/h1-6H,34-35H2. The number of anilines is 2. The van der Waals surface area contributed by atoms with E-state index in [0.717, 1.165) is 0 Å². The molecule has 0 aliphatic carbocycles. The lowest BCUT2D eigenvalue weighted by atomic mass is 10.1. The van der Waals surface area contributed by atoms with E-state index in [1.807, 2.05) is 0 Å². The maximum absolute atomic E-state index is 15.1. The summed E-state index contributed by atoms with van der Waals surface area (Å²) in [6.07, 6.45) is -16.3. The second kappa shape index (κ2) is 9.15. The monoisotopic (exact) mass is 550 g/mol. The van der Waals surface area contributed by atoms with Crippen molar-refractivity contribution in [3.8, 4) is 23.0 Å². The molecule has 16 heteroatoms. The minimum absolute atomic E-state index is 0.0529. The fourth-order valence-corrected chi connectivity index (χ4v) is 2.94. The number of hydrogen-bond acceptors (Lipinski definition) is 4. The summed E-state index contributed by atoms with van der Waals surface area (Å²) in [7, 11) is 0. The van der Waals surface area contributed by atoms with Crippen LogP contribution in [0.2, 0.25) is 0 Å². The first-order chi connectivity index (χ1) is 16.8. The Labute approximate surface area is 198 Å². The highest BCUT2D eigenvalue weighted by Crippen LogP contribution is 2.48. The van der Waals surface area contributed by atoms with Crippen LogP contribution < -0.4 is 20.9 Å². The number of hydrogen-bond donors (Lipinski definition) is 2. The van der Waals surface area contributed by atoms with Crippen LogP contribution in [0.5, 0.6) is 23.0 Å². The molecule has 200 valence electrons. The van der Waals surface area contributed by atoms with Crippen LogP contribution in [0.1, 0.15) is 16.7 Å². The average Bonchev–Trinajstić information content (AvgIpc) is 2.74. The number of nitrogens with two attached hydrogens (primary N) is 2. The van der Waals surface area contributed by atoms with Crippen molar-refractivity contribution in [2.24, 2.45) is 0 Å². The maximum Gasteiger partial charge on any atom is 0.420 e. The van der Waals surface area contributed by atoms with Gasteiger partial charge in [0.1, 0.15) is 16.7 Å². The Kier molecular flexibility index (Phi) is 6.83. The lowest BCUT2D eigenvalue weighted by molar-refractivity contribution is -0.140. The summed E-state index contributed by atoms with van der Waals surface area (Å²) < 4.78 is 173. The fourth-order valence-electron chi connectivity index (χ4n) is 2.94. The van der Waals surface area contributed by atoms with Crippen molar-refractivity contribution in [3.05, 3.63) is 70.5 Å². The molecule has 0 saturated carbocycles. The minimum atomic E-state index is -5.54. The zero-order chi connectivity index (χ0) is 28.1. The fraction of sp³-hybridized carbons (Fsp3) is 0.143. The van der Waals surface area contributed by atoms with E-state index in [2.05, 4.69) is 9.47 Å². The van der Waals surface area contributed by atoms with Crippen molar-refractivity contribution in [1.29, 1.82) is 0 Å². The zero-order valence-electron chi connectivity index (χ0n) is 17.5. The van der Waals surface area contributed by atoms with Crippen molar-refractivity contribution in [3.63, 3.8) is 0 Å². The molecular weight excluding hydrogens is 540 g/mol. The predicted molar refractivity (Wildman–Crippen MR) is 103 cm³/mol. The van der Waals surface area contributed by atoms with E-state index in [9.17, 15) is 48.3 Å². The molecule has 0 amide bonds. The molecule has 3 aromatic carbocycles. The highest BCUT2D eigenvalue weighted by atomic mass is 19.4. The first-order valence-electron chi connectivity index (χ1n) is 9.39. The van der Waals surface area contributed by atoms with Crippen molar-refractivity contribution < 1.29 is 62.2 Å². The number of ether oxygens (including phenoxy) is 2. The first kappa shape index (κ1) is 27.6. The van der Waals surface area contributed by atoms with Gasteiger partial charge in [0.05, 0.1) is 11.4 Å². The van der Waals surface area contributed by atoms with Gasteiger partial charge in [0.15, 0.2) is 34.6 Å². The topological polar surface area (TPSA) is 70.5 Å². The van der Waals surface area contributed by atoms with Gasteiger partial charge in [-0.15, -0.1) is 0 Å². The van der Waals surface area contributed by atoms with Gasteiger partial charge in [-0.2, -0.15) is 43.9 Å². The van der Waals surface area contributed by atoms with Crippen LogP contribution in [0.3, 0.4) is 0 Å². The predicted octanol–water partition coefficient (Wildman–Crippen LogP) is 7.91. The van der Waals surface area contributed by atoms with Crippen LogP contribution in [-0.4, -0.2) is 0 Å². The van der Waals surface area contributed by atoms with Gasteiger partial charge in [-0.3, -0.25) is 0 Å². The van der Waals surface area contributed by atoms with Crippen molar-refractivity contribution >= 4 is 11.4 Å². The van der Waals surface area contributed by atoms with Crippen molar-refractivity contribution in [2.75, 3.05) is 11.5 Å². The zero-order valence-corrected chi connectivity index (χ0v) is 17.5. The molecule has 3 rings (SSSR count). The van der Waals surface area contributed by atoms with Crippen LogP contribution in [0, 0.1) is 17.5 Å². The molecule has 37 heavy (non-hydrogen) atoms. The molecule has 4 nitrogen and oxygen atoms in total. The molecule has 0 fully saturated rings. The van der Waals surface area contributed by atoms with E-state index >= 15 is 4.39 Å². The van der Waals surface area contributed by atoms with E-state index in [-0.39, 0.29) is 24.3 Å². The number of halogens is 12. The molecule has 0 saturated heterocycles. The van der Waals surface area contributed by atoms with Gasteiger partial charge in [-0.25, -0.2) is 8.78 Å². The van der Waals surface area contributed by atoms with Gasteiger partial charge in [-0.1, -0.05) is 0 Å². The molecule has 0 bridgehead atoms. The van der Waals surface area contributed by atoms with Gasteiger partial charge in [0, 0.05) is 0 Å². The number of alkyl halides is 9. The van der Waals surface area contributed by atoms with Crippen LogP contribution in [0.25, 0.3) is 0 Å². The largest absolute Gasteiger partial charge is 0.450 e. The summed E-state index contributed by atoms with van der Waals surface area (Å²) in [6, 6.07) is 1.30. The van der Waals surface area contributed by atoms with Crippen molar-refractivity contribution in [1.82, 2.24) is 0 Å². The summed E-state index contributed by atoms with van der Waals surface area (Å²) in [5, 5.41) is 0. The van der Waals surface area contributed by atoms with Crippen LogP contribution in [0.15, 0.2) is 36.4 Å². The molecule has 0 radical (unpaired) electrons. The molecule has 0 aromatic heterocycles. The Balaban J connectivity index is 2.26. The van der Waals surface area contributed by atoms with Crippen LogP contribution in [-0.2, 0) is 18.5 Å². The minimum Gasteiger partial charge on any atom is -0.450 e. The molecule has 3 aromatic rings. The molecule has 0 aliphatic rings. The van der Waals surface area contributed by atoms with E-state index in [4.69, 9.17) is 11.5 Å². The third kappa shape index (κ3) is 5.41. The Hall–Kier alpha value is -3.98. The second-order valence-corrected chi connectivity index (χ2v) is 7.14. The normalized spacial score (nSPS) is 12.5. The third-order valence-corrected chi connectivity index (χ3v) is 4.65. The summed E-state index contributed by atoms with van der Waals surface area (Å²) in [4.78, 5) is 0. The van der Waals surface area contributed by atoms with Gasteiger partial charge in [-0.05, 0) is 36.4 Å². The van der Waals surface area contributed by atoms with E-state index in [0.29, 0.717) is 12.1 Å². The van der Waals surface area contributed by atoms with Crippen molar-refractivity contribution in [2.45, 2.75) is 18.5 Å². The highest BCUT2D eigenvalue weighted by molar-refractivity contribution is 5.56. The summed E-state index contributed by atoms with van der Waals surface area (Å²) in [5.74, 6) is -13.7. The van der Waals surface area contributed by atoms with Crippen LogP contribution >= 0.6 is 0 Å². The third-order valence-electron chi connectivity index (χ3n) is 4.65. The lowest BCUT2D eigenvalue weighted by Gasteiger charge is -2.20. The number of rotatable bonds is 4. The van der Waals surface area contributed by atoms with E-state index in [1.54, 1.807) is 0 Å². The summed E-state index contributed by atoms with van der Waals surface area (Å²) >= 11 is 0. The quantitative estimate of drug-likeness (QED) is 0.256. The first-order valence-corrected chi connectivity index (χ1v) is 9.39. The number of nitrogen functional groups attached to an aromatic ring is 2. The molecule has 0 heterocycles. The number of benzene rings is 3. The van der Waals surface area contributed by atoms with Crippen LogP contribution in [0.4, 0.5) is 64.1 Å².